The van der Waals surface area contributed by atoms with Gasteiger partial charge in [-0.05, 0) is 0 Å². The second kappa shape index (κ2) is 5.70. The number of morpholine rings is 1. The van der Waals surface area contributed by atoms with Crippen molar-refractivity contribution in [3.05, 3.63) is 32.6 Å². The van der Waals surface area contributed by atoms with Crippen molar-refractivity contribution in [3.63, 3.8) is 0 Å². The predicted molar refractivity (Wildman–Crippen MR) is 65.3 cm³/mol. The van der Waals surface area contributed by atoms with Crippen LogP contribution < -0.4 is 11.2 Å². The smallest absolute Gasteiger partial charge is 0.328 e. The number of nitrogens with zero attached hydrogens (tertiary/aromatic N) is 1. The summed E-state index contributed by atoms with van der Waals surface area (Å²) in [5, 5.41) is 9.03. The highest BCUT2D eigenvalue weighted by Crippen LogP contribution is 2.09. The lowest BCUT2D eigenvalue weighted by atomic mass is 10.2. The van der Waals surface area contributed by atoms with Crippen molar-refractivity contribution in [3.8, 4) is 0 Å². The van der Waals surface area contributed by atoms with Crippen LogP contribution in [0.1, 0.15) is 5.69 Å². The van der Waals surface area contributed by atoms with Crippen LogP contribution in [0, 0.1) is 0 Å². The third-order valence-corrected chi connectivity index (χ3v) is 2.89. The van der Waals surface area contributed by atoms with Crippen molar-refractivity contribution in [2.45, 2.75) is 12.5 Å². The van der Waals surface area contributed by atoms with E-state index in [2.05, 4.69) is 4.98 Å². The van der Waals surface area contributed by atoms with E-state index in [0.717, 1.165) is 6.07 Å². The van der Waals surface area contributed by atoms with Gasteiger partial charge in [-0.1, -0.05) is 0 Å². The summed E-state index contributed by atoms with van der Waals surface area (Å²) in [4.78, 5) is 50.8. The number of hydrogen-bond acceptors (Lipinski definition) is 5. The Bertz CT molecular complexity index is 605. The lowest BCUT2D eigenvalue weighted by Gasteiger charge is -2.32. The maximum Gasteiger partial charge on any atom is 0.328 e. The highest BCUT2D eigenvalue weighted by Gasteiger charge is 2.32. The molecule has 1 aliphatic heterocycles. The SMILES string of the molecule is O=C(O)C1COCCN1C(=O)Cc1cc(=O)[nH]c(=O)[nH]1. The van der Waals surface area contributed by atoms with Gasteiger partial charge in [0.15, 0.2) is 6.04 Å². The fourth-order valence-corrected chi connectivity index (χ4v) is 1.99. The molecule has 0 saturated carbocycles. The van der Waals surface area contributed by atoms with Gasteiger partial charge in [-0.25, -0.2) is 9.59 Å². The zero-order valence-corrected chi connectivity index (χ0v) is 10.4. The molecule has 108 valence electrons. The molecule has 0 radical (unpaired) electrons. The van der Waals surface area contributed by atoms with Gasteiger partial charge in [-0.3, -0.25) is 14.6 Å². The number of aliphatic carboxylic acids is 1. The Kier molecular flexibility index (Phi) is 3.99. The molecule has 9 nitrogen and oxygen atoms in total. The first-order valence-electron chi connectivity index (χ1n) is 5.90. The van der Waals surface area contributed by atoms with Crippen molar-refractivity contribution >= 4 is 11.9 Å². The molecule has 1 aromatic rings. The minimum Gasteiger partial charge on any atom is -0.480 e. The van der Waals surface area contributed by atoms with Gasteiger partial charge >= 0.3 is 11.7 Å². The number of aromatic nitrogens is 2. The molecule has 9 heteroatoms. The fraction of sp³-hybridized carbons (Fsp3) is 0.455. The molecule has 3 N–H and O–H groups in total. The molecular weight excluding hydrogens is 270 g/mol. The third kappa shape index (κ3) is 3.12. The average Bonchev–Trinajstić information content (AvgIpc) is 2.37. The van der Waals surface area contributed by atoms with Crippen LogP contribution >= 0.6 is 0 Å². The van der Waals surface area contributed by atoms with Crippen molar-refractivity contribution in [2.24, 2.45) is 0 Å². The molecular formula is C11H13N3O6. The first-order chi connectivity index (χ1) is 9.47. The van der Waals surface area contributed by atoms with Gasteiger partial charge in [-0.2, -0.15) is 0 Å². The van der Waals surface area contributed by atoms with Crippen molar-refractivity contribution in [2.75, 3.05) is 19.8 Å². The summed E-state index contributed by atoms with van der Waals surface area (Å²) in [6.07, 6.45) is -0.247. The zero-order valence-electron chi connectivity index (χ0n) is 10.4. The van der Waals surface area contributed by atoms with Crippen LogP contribution in [0.25, 0.3) is 0 Å². The lowest BCUT2D eigenvalue weighted by Crippen LogP contribution is -2.53. The molecule has 1 fully saturated rings. The number of carboxylic acids is 1. The van der Waals surface area contributed by atoms with Gasteiger partial charge in [0.05, 0.1) is 19.6 Å². The molecule has 20 heavy (non-hydrogen) atoms. The molecule has 1 aromatic heterocycles. The number of carbonyl (C=O) groups excluding carboxylic acids is 1. The van der Waals surface area contributed by atoms with E-state index in [0.29, 0.717) is 0 Å². The second-order valence-corrected chi connectivity index (χ2v) is 4.31. The Labute approximate surface area is 112 Å². The minimum absolute atomic E-state index is 0.0764. The Morgan fingerprint density at radius 1 is 1.40 bits per heavy atom. The normalized spacial score (nSPS) is 18.8. The number of hydrogen-bond donors (Lipinski definition) is 3. The maximum absolute atomic E-state index is 12.1. The zero-order chi connectivity index (χ0) is 14.7. The third-order valence-electron chi connectivity index (χ3n) is 2.89. The predicted octanol–water partition coefficient (Wildman–Crippen LogP) is -2.08. The van der Waals surface area contributed by atoms with E-state index in [-0.39, 0.29) is 31.9 Å². The molecule has 0 aromatic carbocycles. The highest BCUT2D eigenvalue weighted by atomic mass is 16.5. The standard InChI is InChI=1S/C11H13N3O6/c15-8-3-6(12-11(19)13-8)4-9(16)14-1-2-20-5-7(14)10(17)18/h3,7H,1-2,4-5H2,(H,17,18)(H2,12,13,15,19). The minimum atomic E-state index is -1.16. The van der Waals surface area contributed by atoms with Gasteiger partial charge in [-0.15, -0.1) is 0 Å². The maximum atomic E-state index is 12.1. The van der Waals surface area contributed by atoms with Crippen LogP contribution in [0.15, 0.2) is 15.7 Å². The molecule has 1 unspecified atom stereocenters. The van der Waals surface area contributed by atoms with E-state index in [1.54, 1.807) is 0 Å². The van der Waals surface area contributed by atoms with Crippen molar-refractivity contribution < 1.29 is 19.4 Å². The Morgan fingerprint density at radius 3 is 2.80 bits per heavy atom. The van der Waals surface area contributed by atoms with E-state index < -0.39 is 29.2 Å². The van der Waals surface area contributed by atoms with Gasteiger partial charge in [0.25, 0.3) is 5.56 Å². The quantitative estimate of drug-likeness (QED) is 0.583. The molecule has 0 bridgehead atoms. The van der Waals surface area contributed by atoms with E-state index in [1.165, 1.54) is 4.90 Å². The summed E-state index contributed by atoms with van der Waals surface area (Å²) in [5.74, 6) is -1.64. The summed E-state index contributed by atoms with van der Waals surface area (Å²) in [6.45, 7) is 0.331. The van der Waals surface area contributed by atoms with Gasteiger partial charge < -0.3 is 19.7 Å². The number of carboxylic acid groups (broad SMARTS) is 1. The van der Waals surface area contributed by atoms with Crippen LogP contribution in [0.4, 0.5) is 0 Å². The fourth-order valence-electron chi connectivity index (χ4n) is 1.99. The molecule has 1 amide bonds. The van der Waals surface area contributed by atoms with Gasteiger partial charge in [0.1, 0.15) is 0 Å². The molecule has 1 saturated heterocycles. The first kappa shape index (κ1) is 14.0. The van der Waals surface area contributed by atoms with Gasteiger partial charge in [0, 0.05) is 18.3 Å². The summed E-state index contributed by atoms with van der Waals surface area (Å²) >= 11 is 0. The Balaban J connectivity index is 2.15. The summed E-state index contributed by atoms with van der Waals surface area (Å²) in [5.41, 5.74) is -1.19. The van der Waals surface area contributed by atoms with Crippen LogP contribution in [0.5, 0.6) is 0 Å². The molecule has 1 atom stereocenters. The topological polar surface area (TPSA) is 133 Å². The van der Waals surface area contributed by atoms with Crippen LogP contribution in [-0.2, 0) is 20.7 Å². The van der Waals surface area contributed by atoms with E-state index in [4.69, 9.17) is 9.84 Å². The largest absolute Gasteiger partial charge is 0.480 e. The number of H-pyrrole nitrogens is 2. The number of nitrogens with one attached hydrogen (secondary N) is 2. The van der Waals surface area contributed by atoms with Gasteiger partial charge in [0.2, 0.25) is 5.91 Å². The van der Waals surface area contributed by atoms with Crippen LogP contribution in [0.2, 0.25) is 0 Å². The monoisotopic (exact) mass is 283 g/mol. The number of rotatable bonds is 3. The molecule has 2 heterocycles. The number of aromatic amines is 2. The summed E-state index contributed by atoms with van der Waals surface area (Å²) in [6, 6.07) is 0.0418. The van der Waals surface area contributed by atoms with Crippen LogP contribution in [0.3, 0.4) is 0 Å². The number of amides is 1. The lowest BCUT2D eigenvalue weighted by molar-refractivity contribution is -0.158. The highest BCUT2D eigenvalue weighted by molar-refractivity contribution is 5.85. The number of carbonyl (C=O) groups is 2. The average molecular weight is 283 g/mol. The Morgan fingerprint density at radius 2 is 2.15 bits per heavy atom. The second-order valence-electron chi connectivity index (χ2n) is 4.31. The van der Waals surface area contributed by atoms with E-state index >= 15 is 0 Å². The molecule has 1 aliphatic rings. The van der Waals surface area contributed by atoms with Crippen molar-refractivity contribution in [1.29, 1.82) is 0 Å². The molecule has 2 rings (SSSR count). The van der Waals surface area contributed by atoms with Crippen LogP contribution in [-0.4, -0.2) is 57.7 Å². The van der Waals surface area contributed by atoms with E-state index in [1.807, 2.05) is 4.98 Å². The number of ether oxygens (including phenoxy) is 1. The molecule has 0 spiro atoms. The molecule has 0 aliphatic carbocycles. The van der Waals surface area contributed by atoms with E-state index in [9.17, 15) is 19.2 Å². The van der Waals surface area contributed by atoms with Crippen molar-refractivity contribution in [1.82, 2.24) is 14.9 Å². The summed E-state index contributed by atoms with van der Waals surface area (Å²) < 4.78 is 5.02. The Hall–Kier alpha value is -2.42. The summed E-state index contributed by atoms with van der Waals surface area (Å²) in [7, 11) is 0. The first-order valence-corrected chi connectivity index (χ1v) is 5.90.